The number of hydrogen-bond donors (Lipinski definition) is 2. The molecule has 1 atom stereocenters. The van der Waals surface area contributed by atoms with E-state index in [9.17, 15) is 4.39 Å². The van der Waals surface area contributed by atoms with E-state index in [1.807, 2.05) is 4.90 Å². The van der Waals surface area contributed by atoms with Gasteiger partial charge in [0.05, 0.1) is 0 Å². The minimum Gasteiger partial charge on any atom is -0.356 e. The number of hydrogen-bond acceptors (Lipinski definition) is 4. The molecule has 0 radical (unpaired) electrons. The summed E-state index contributed by atoms with van der Waals surface area (Å²) in [6.07, 6.45) is 3.63. The number of aliphatic imine (C=N–C) groups is 1. The highest BCUT2D eigenvalue weighted by Crippen LogP contribution is 2.20. The predicted molar refractivity (Wildman–Crippen MR) is 111 cm³/mol. The Hall–Kier alpha value is -1.89. The summed E-state index contributed by atoms with van der Waals surface area (Å²) in [6.45, 7) is 12.4. The van der Waals surface area contributed by atoms with Crippen LogP contribution in [-0.4, -0.2) is 67.2 Å². The minimum atomic E-state index is -0.263. The van der Waals surface area contributed by atoms with E-state index in [4.69, 9.17) is 0 Å². The lowest BCUT2D eigenvalue weighted by Gasteiger charge is -2.30. The molecule has 0 bridgehead atoms. The van der Waals surface area contributed by atoms with Crippen molar-refractivity contribution in [2.45, 2.75) is 58.7 Å². The van der Waals surface area contributed by atoms with Crippen LogP contribution in [0.25, 0.3) is 0 Å². The van der Waals surface area contributed by atoms with Crippen LogP contribution >= 0.6 is 0 Å². The zero-order chi connectivity index (χ0) is 19.8. The average molecular weight is 379 g/mol. The van der Waals surface area contributed by atoms with Crippen molar-refractivity contribution in [2.24, 2.45) is 4.99 Å². The molecule has 1 saturated heterocycles. The molecule has 0 aromatic carbocycles. The number of halogens is 1. The van der Waals surface area contributed by atoms with E-state index in [2.05, 4.69) is 53.2 Å². The second kappa shape index (κ2) is 10.4. The molecule has 1 aromatic rings. The summed E-state index contributed by atoms with van der Waals surface area (Å²) in [5, 5.41) is 6.85. The predicted octanol–water partition coefficient (Wildman–Crippen LogP) is 2.47. The van der Waals surface area contributed by atoms with Crippen LogP contribution in [-0.2, 0) is 0 Å². The molecule has 0 spiro atoms. The van der Waals surface area contributed by atoms with E-state index in [1.165, 1.54) is 6.07 Å². The molecule has 0 aliphatic carbocycles. The molecule has 2 N–H and O–H groups in total. The lowest BCUT2D eigenvalue weighted by Crippen LogP contribution is -2.45. The fourth-order valence-electron chi connectivity index (χ4n) is 3.65. The smallest absolute Gasteiger partial charge is 0.191 e. The van der Waals surface area contributed by atoms with Crippen LogP contribution < -0.4 is 15.5 Å². The lowest BCUT2D eigenvalue weighted by atomic mass is 10.2. The van der Waals surface area contributed by atoms with Gasteiger partial charge in [-0.3, -0.25) is 9.89 Å². The van der Waals surface area contributed by atoms with Gasteiger partial charge in [-0.1, -0.05) is 0 Å². The van der Waals surface area contributed by atoms with Gasteiger partial charge >= 0.3 is 0 Å². The molecule has 7 heteroatoms. The monoisotopic (exact) mass is 378 g/mol. The SMILES string of the molecule is CN=C(NCCCN(C(C)C)C(C)C)NC1CCN(c2ncccc2F)C1. The summed E-state index contributed by atoms with van der Waals surface area (Å²) < 4.78 is 13.9. The van der Waals surface area contributed by atoms with E-state index in [1.54, 1.807) is 19.3 Å². The third kappa shape index (κ3) is 6.34. The van der Waals surface area contributed by atoms with Crippen molar-refractivity contribution < 1.29 is 4.39 Å². The molecule has 1 aromatic heterocycles. The maximum atomic E-state index is 13.9. The highest BCUT2D eigenvalue weighted by atomic mass is 19.1. The quantitative estimate of drug-likeness (QED) is 0.413. The Kier molecular flexibility index (Phi) is 8.28. The molecule has 0 amide bonds. The van der Waals surface area contributed by atoms with E-state index < -0.39 is 0 Å². The van der Waals surface area contributed by atoms with Crippen molar-refractivity contribution in [2.75, 3.05) is 38.1 Å². The third-order valence-corrected chi connectivity index (χ3v) is 5.00. The van der Waals surface area contributed by atoms with Gasteiger partial charge in [-0.25, -0.2) is 9.37 Å². The lowest BCUT2D eigenvalue weighted by molar-refractivity contribution is 0.173. The Balaban J connectivity index is 1.75. The average Bonchev–Trinajstić information content (AvgIpc) is 3.08. The Bertz CT molecular complexity index is 596. The van der Waals surface area contributed by atoms with Crippen molar-refractivity contribution in [3.05, 3.63) is 24.1 Å². The maximum Gasteiger partial charge on any atom is 0.191 e. The van der Waals surface area contributed by atoms with Gasteiger partial charge in [-0.15, -0.1) is 0 Å². The normalized spacial score (nSPS) is 18.0. The summed E-state index contributed by atoms with van der Waals surface area (Å²) in [4.78, 5) is 13.0. The first-order valence-electron chi connectivity index (χ1n) is 10.0. The number of pyridine rings is 1. The molecule has 6 nitrogen and oxygen atoms in total. The number of guanidine groups is 1. The number of nitrogens with zero attached hydrogens (tertiary/aromatic N) is 4. The van der Waals surface area contributed by atoms with Crippen molar-refractivity contribution in [1.29, 1.82) is 0 Å². The van der Waals surface area contributed by atoms with Gasteiger partial charge in [0.1, 0.15) is 0 Å². The van der Waals surface area contributed by atoms with Crippen molar-refractivity contribution >= 4 is 11.8 Å². The van der Waals surface area contributed by atoms with Gasteiger partial charge in [-0.2, -0.15) is 0 Å². The van der Waals surface area contributed by atoms with E-state index in [0.29, 0.717) is 17.9 Å². The largest absolute Gasteiger partial charge is 0.356 e. The fraction of sp³-hybridized carbons (Fsp3) is 0.700. The highest BCUT2D eigenvalue weighted by molar-refractivity contribution is 5.80. The van der Waals surface area contributed by atoms with Crippen molar-refractivity contribution in [3.8, 4) is 0 Å². The Morgan fingerprint density at radius 3 is 2.74 bits per heavy atom. The van der Waals surface area contributed by atoms with E-state index >= 15 is 0 Å². The summed E-state index contributed by atoms with van der Waals surface area (Å²) >= 11 is 0. The van der Waals surface area contributed by atoms with Crippen LogP contribution in [0.5, 0.6) is 0 Å². The maximum absolute atomic E-state index is 13.9. The molecule has 1 unspecified atom stereocenters. The second-order valence-corrected chi connectivity index (χ2v) is 7.66. The molecule has 152 valence electrons. The van der Waals surface area contributed by atoms with Crippen LogP contribution in [0.1, 0.15) is 40.5 Å². The molecule has 2 heterocycles. The summed E-state index contributed by atoms with van der Waals surface area (Å²) in [5.41, 5.74) is 0. The van der Waals surface area contributed by atoms with Crippen LogP contribution in [0.4, 0.5) is 10.2 Å². The van der Waals surface area contributed by atoms with E-state index in [-0.39, 0.29) is 11.9 Å². The van der Waals surface area contributed by atoms with Crippen LogP contribution in [0, 0.1) is 5.82 Å². The van der Waals surface area contributed by atoms with Crippen molar-refractivity contribution in [3.63, 3.8) is 0 Å². The number of rotatable bonds is 8. The number of aromatic nitrogens is 1. The highest BCUT2D eigenvalue weighted by Gasteiger charge is 2.25. The fourth-order valence-corrected chi connectivity index (χ4v) is 3.65. The zero-order valence-electron chi connectivity index (χ0n) is 17.4. The van der Waals surface area contributed by atoms with Crippen LogP contribution in [0.3, 0.4) is 0 Å². The zero-order valence-corrected chi connectivity index (χ0v) is 17.4. The minimum absolute atomic E-state index is 0.237. The molecular formula is C20H35FN6. The number of nitrogens with one attached hydrogen (secondary N) is 2. The standard InChI is InChI=1S/C20H35FN6/c1-15(2)27(16(3)4)12-7-11-24-20(22-5)25-17-9-13-26(14-17)19-18(21)8-6-10-23-19/h6,8,10,15-17H,7,9,11-14H2,1-5H3,(H2,22,24,25). The van der Waals surface area contributed by atoms with Gasteiger partial charge < -0.3 is 15.5 Å². The van der Waals surface area contributed by atoms with Gasteiger partial charge in [0.2, 0.25) is 0 Å². The Morgan fingerprint density at radius 2 is 2.11 bits per heavy atom. The van der Waals surface area contributed by atoms with Gasteiger partial charge in [0.25, 0.3) is 0 Å². The first kappa shape index (κ1) is 21.4. The third-order valence-electron chi connectivity index (χ3n) is 5.00. The summed E-state index contributed by atoms with van der Waals surface area (Å²) in [7, 11) is 1.79. The van der Waals surface area contributed by atoms with Gasteiger partial charge in [0.15, 0.2) is 17.6 Å². The number of anilines is 1. The van der Waals surface area contributed by atoms with Crippen molar-refractivity contribution in [1.82, 2.24) is 20.5 Å². The topological polar surface area (TPSA) is 55.8 Å². The molecule has 27 heavy (non-hydrogen) atoms. The Labute approximate surface area is 163 Å². The van der Waals surface area contributed by atoms with Gasteiger partial charge in [0, 0.05) is 57.5 Å². The first-order chi connectivity index (χ1) is 12.9. The molecule has 1 fully saturated rings. The molecule has 2 rings (SSSR count). The summed E-state index contributed by atoms with van der Waals surface area (Å²) in [5.74, 6) is 0.983. The van der Waals surface area contributed by atoms with Gasteiger partial charge in [-0.05, 0) is 52.7 Å². The van der Waals surface area contributed by atoms with Crippen LogP contribution in [0.15, 0.2) is 23.3 Å². The molecule has 0 saturated carbocycles. The molecular weight excluding hydrogens is 343 g/mol. The Morgan fingerprint density at radius 1 is 1.37 bits per heavy atom. The molecule has 1 aliphatic rings. The van der Waals surface area contributed by atoms with E-state index in [0.717, 1.165) is 45.0 Å². The summed E-state index contributed by atoms with van der Waals surface area (Å²) in [6, 6.07) is 4.43. The first-order valence-corrected chi connectivity index (χ1v) is 10.0. The van der Waals surface area contributed by atoms with Crippen LogP contribution in [0.2, 0.25) is 0 Å². The molecule has 1 aliphatic heterocycles. The second-order valence-electron chi connectivity index (χ2n) is 7.66.